The van der Waals surface area contributed by atoms with E-state index < -0.39 is 47.4 Å². The molecule has 3 rings (SSSR count). The molecule has 1 saturated carbocycles. The van der Waals surface area contributed by atoms with Crippen LogP contribution in [0.5, 0.6) is 0 Å². The first kappa shape index (κ1) is 35.4. The lowest BCUT2D eigenvalue weighted by atomic mass is 9.74. The summed E-state index contributed by atoms with van der Waals surface area (Å²) < 4.78 is 33.5. The molecule has 0 radical (unpaired) electrons. The van der Waals surface area contributed by atoms with Crippen LogP contribution in [0.2, 0.25) is 0 Å². The maximum atomic E-state index is 14.2. The minimum absolute atomic E-state index is 0.0574. The molecular weight excluding hydrogens is 564 g/mol. The number of carbonyl (C=O) groups is 2. The summed E-state index contributed by atoms with van der Waals surface area (Å²) in [5, 5.41) is 20.6. The first-order chi connectivity index (χ1) is 20.7. The Hall–Kier alpha value is -3.04. The topological polar surface area (TPSA) is 99.7 Å². The minimum Gasteiger partial charge on any atom is -0.464 e. The van der Waals surface area contributed by atoms with E-state index in [0.717, 1.165) is 43.7 Å². The average Bonchev–Trinajstić information content (AvgIpc) is 2.94. The predicted octanol–water partition coefficient (Wildman–Crippen LogP) is 6.26. The van der Waals surface area contributed by atoms with Crippen LogP contribution in [0.4, 0.5) is 13.6 Å². The number of aliphatic hydroxyl groups is 1. The molecule has 0 aliphatic heterocycles. The van der Waals surface area contributed by atoms with Crippen LogP contribution >= 0.6 is 0 Å². The van der Waals surface area contributed by atoms with Crippen LogP contribution in [0.1, 0.15) is 96.8 Å². The summed E-state index contributed by atoms with van der Waals surface area (Å²) in [6, 6.07) is 9.80. The highest BCUT2D eigenvalue weighted by molar-refractivity contribution is 5.83. The Kier molecular flexibility index (Phi) is 12.7. The van der Waals surface area contributed by atoms with Crippen LogP contribution in [-0.4, -0.2) is 48.4 Å². The number of benzene rings is 2. The predicted molar refractivity (Wildman–Crippen MR) is 169 cm³/mol. The molecule has 2 amide bonds. The lowest BCUT2D eigenvalue weighted by molar-refractivity contribution is -0.145. The van der Waals surface area contributed by atoms with Gasteiger partial charge in [0.2, 0.25) is 0 Å². The summed E-state index contributed by atoms with van der Waals surface area (Å²) in [5.41, 5.74) is 2.19. The van der Waals surface area contributed by atoms with Crippen LogP contribution in [-0.2, 0) is 26.9 Å². The molecule has 3 atom stereocenters. The van der Waals surface area contributed by atoms with Gasteiger partial charge in [0.25, 0.3) is 0 Å². The highest BCUT2D eigenvalue weighted by atomic mass is 19.1. The van der Waals surface area contributed by atoms with Gasteiger partial charge < -0.3 is 25.8 Å². The van der Waals surface area contributed by atoms with Crippen molar-refractivity contribution in [3.63, 3.8) is 0 Å². The quantitative estimate of drug-likeness (QED) is 0.199. The molecule has 1 fully saturated rings. The first-order valence-electron chi connectivity index (χ1n) is 15.9. The number of nitrogens with one attached hydrogen (secondary N) is 3. The lowest BCUT2D eigenvalue weighted by Gasteiger charge is -2.43. The van der Waals surface area contributed by atoms with Crippen molar-refractivity contribution in [2.45, 2.75) is 116 Å². The third-order valence-corrected chi connectivity index (χ3v) is 8.35. The summed E-state index contributed by atoms with van der Waals surface area (Å²) in [6.45, 7) is 12.2. The Morgan fingerprint density at radius 2 is 1.68 bits per heavy atom. The standard InChI is InChI=1S/C35H51F2N3O4/c1-7-44-32(42)30(16-23(2)3)39-33(43)38-22-31(41)29(19-24-17-27(36)21-28(37)18-24)40-35(14-9-8-10-15-35)26-13-11-12-25(20-26)34(4,5)6/h11-13,17-18,20-21,23,29-31,40-41H,7-10,14-16,19,22H2,1-6H3,(H2,38,39,43). The molecule has 1 aliphatic rings. The minimum atomic E-state index is -1.11. The molecule has 9 heteroatoms. The summed E-state index contributed by atoms with van der Waals surface area (Å²) in [6.07, 6.45) is 4.20. The Bertz CT molecular complexity index is 1220. The highest BCUT2D eigenvalue weighted by Crippen LogP contribution is 2.39. The van der Waals surface area contributed by atoms with Gasteiger partial charge in [0, 0.05) is 24.2 Å². The Morgan fingerprint density at radius 3 is 2.27 bits per heavy atom. The number of hydrogen-bond donors (Lipinski definition) is 4. The second-order valence-electron chi connectivity index (χ2n) is 13.6. The number of urea groups is 1. The number of rotatable bonds is 13. The van der Waals surface area contributed by atoms with Gasteiger partial charge in [0.1, 0.15) is 17.7 Å². The zero-order valence-electron chi connectivity index (χ0n) is 27.1. The molecule has 4 N–H and O–H groups in total. The Balaban J connectivity index is 1.87. The Labute approximate surface area is 261 Å². The number of esters is 1. The van der Waals surface area contributed by atoms with Crippen molar-refractivity contribution in [3.05, 3.63) is 70.8 Å². The number of hydrogen-bond acceptors (Lipinski definition) is 5. The molecule has 1 aliphatic carbocycles. The van der Waals surface area contributed by atoms with E-state index in [1.54, 1.807) is 6.92 Å². The number of amides is 2. The normalized spacial score (nSPS) is 17.0. The van der Waals surface area contributed by atoms with Crippen molar-refractivity contribution in [1.29, 1.82) is 0 Å². The van der Waals surface area contributed by atoms with Crippen molar-refractivity contribution in [2.24, 2.45) is 5.92 Å². The zero-order valence-corrected chi connectivity index (χ0v) is 27.1. The number of halogens is 2. The van der Waals surface area contributed by atoms with Gasteiger partial charge >= 0.3 is 12.0 Å². The highest BCUT2D eigenvalue weighted by Gasteiger charge is 2.38. The summed E-state index contributed by atoms with van der Waals surface area (Å²) in [4.78, 5) is 25.3. The third kappa shape index (κ3) is 10.3. The van der Waals surface area contributed by atoms with E-state index >= 15 is 0 Å². The van der Waals surface area contributed by atoms with Crippen LogP contribution in [0.3, 0.4) is 0 Å². The monoisotopic (exact) mass is 615 g/mol. The van der Waals surface area contributed by atoms with E-state index in [0.29, 0.717) is 12.0 Å². The van der Waals surface area contributed by atoms with Crippen LogP contribution < -0.4 is 16.0 Å². The Morgan fingerprint density at radius 1 is 1.02 bits per heavy atom. The number of carbonyl (C=O) groups excluding carboxylic acids is 2. The van der Waals surface area contributed by atoms with Crippen LogP contribution in [0, 0.1) is 17.6 Å². The zero-order chi connectivity index (χ0) is 32.5. The van der Waals surface area contributed by atoms with Crippen molar-refractivity contribution in [3.8, 4) is 0 Å². The first-order valence-corrected chi connectivity index (χ1v) is 15.9. The second-order valence-corrected chi connectivity index (χ2v) is 13.6. The van der Waals surface area contributed by atoms with E-state index in [1.807, 2.05) is 13.8 Å². The molecule has 0 spiro atoms. The lowest BCUT2D eigenvalue weighted by Crippen LogP contribution is -2.57. The van der Waals surface area contributed by atoms with Gasteiger partial charge in [-0.25, -0.2) is 18.4 Å². The fourth-order valence-corrected chi connectivity index (χ4v) is 6.05. The SMILES string of the molecule is CCOC(=O)C(CC(C)C)NC(=O)NCC(O)C(Cc1cc(F)cc(F)c1)NC1(c2cccc(C(C)(C)C)c2)CCCCC1. The van der Waals surface area contributed by atoms with Gasteiger partial charge in [-0.15, -0.1) is 0 Å². The largest absolute Gasteiger partial charge is 0.464 e. The number of aliphatic hydroxyl groups excluding tert-OH is 1. The van der Waals surface area contributed by atoms with E-state index in [-0.39, 0.29) is 30.9 Å². The molecule has 7 nitrogen and oxygen atoms in total. The van der Waals surface area contributed by atoms with Crippen LogP contribution in [0.15, 0.2) is 42.5 Å². The molecular formula is C35H51F2N3O4. The molecule has 0 aromatic heterocycles. The molecule has 44 heavy (non-hydrogen) atoms. The van der Waals surface area contributed by atoms with Gasteiger partial charge in [0.05, 0.1) is 12.7 Å². The van der Waals surface area contributed by atoms with Gasteiger partial charge in [0.15, 0.2) is 0 Å². The smallest absolute Gasteiger partial charge is 0.328 e. The fraction of sp³-hybridized carbons (Fsp3) is 0.600. The fourth-order valence-electron chi connectivity index (χ4n) is 6.05. The average molecular weight is 616 g/mol. The molecule has 0 bridgehead atoms. The molecule has 0 saturated heterocycles. The maximum Gasteiger partial charge on any atom is 0.328 e. The summed E-state index contributed by atoms with van der Waals surface area (Å²) in [7, 11) is 0. The van der Waals surface area contributed by atoms with E-state index in [1.165, 1.54) is 17.7 Å². The van der Waals surface area contributed by atoms with Gasteiger partial charge in [-0.2, -0.15) is 0 Å². The van der Waals surface area contributed by atoms with Crippen molar-refractivity contribution in [2.75, 3.05) is 13.2 Å². The van der Waals surface area contributed by atoms with Crippen molar-refractivity contribution < 1.29 is 28.2 Å². The molecule has 2 aromatic rings. The third-order valence-electron chi connectivity index (χ3n) is 8.35. The van der Waals surface area contributed by atoms with Gasteiger partial charge in [-0.1, -0.05) is 78.1 Å². The summed E-state index contributed by atoms with van der Waals surface area (Å²) >= 11 is 0. The molecule has 244 valence electrons. The van der Waals surface area contributed by atoms with Crippen molar-refractivity contribution >= 4 is 12.0 Å². The molecule has 3 unspecified atom stereocenters. The van der Waals surface area contributed by atoms with Crippen molar-refractivity contribution in [1.82, 2.24) is 16.0 Å². The van der Waals surface area contributed by atoms with Gasteiger partial charge in [-0.3, -0.25) is 0 Å². The van der Waals surface area contributed by atoms with E-state index in [4.69, 9.17) is 4.74 Å². The van der Waals surface area contributed by atoms with E-state index in [9.17, 15) is 23.5 Å². The van der Waals surface area contributed by atoms with Crippen LogP contribution in [0.25, 0.3) is 0 Å². The molecule has 0 heterocycles. The molecule has 2 aromatic carbocycles. The summed E-state index contributed by atoms with van der Waals surface area (Å²) in [5.74, 6) is -1.75. The van der Waals surface area contributed by atoms with Gasteiger partial charge in [-0.05, 0) is 72.8 Å². The maximum absolute atomic E-state index is 14.2. The van der Waals surface area contributed by atoms with E-state index in [2.05, 4.69) is 61.0 Å². The second kappa shape index (κ2) is 15.8. The number of ether oxygens (including phenoxy) is 1.